The maximum atomic E-state index is 13.6. The Bertz CT molecular complexity index is 1050. The number of nitrogens with zero attached hydrogens (tertiary/aromatic N) is 2. The maximum absolute atomic E-state index is 13.6. The summed E-state index contributed by atoms with van der Waals surface area (Å²) in [4.78, 5) is 51.2. The number of allylic oxidation sites excluding steroid dienone is 2. The van der Waals surface area contributed by atoms with Gasteiger partial charge in [0.2, 0.25) is 11.8 Å². The first-order valence-electron chi connectivity index (χ1n) is 12.2. The number of hydrogen-bond donors (Lipinski definition) is 3. The van der Waals surface area contributed by atoms with E-state index in [4.69, 9.17) is 5.73 Å². The first kappa shape index (κ1) is 31.9. The predicted octanol–water partition coefficient (Wildman–Crippen LogP) is 2.47. The van der Waals surface area contributed by atoms with Gasteiger partial charge in [-0.25, -0.2) is 0 Å². The number of halogens is 6. The lowest BCUT2D eigenvalue weighted by molar-refractivity contribution is -0.177. The van der Waals surface area contributed by atoms with Crippen LogP contribution in [0.15, 0.2) is 11.8 Å². The highest BCUT2D eigenvalue weighted by Crippen LogP contribution is 2.39. The van der Waals surface area contributed by atoms with Gasteiger partial charge in [0.25, 0.3) is 0 Å². The summed E-state index contributed by atoms with van der Waals surface area (Å²) in [6.45, 7) is 2.93. The highest BCUT2D eigenvalue weighted by atomic mass is 19.4. The van der Waals surface area contributed by atoms with E-state index in [9.17, 15) is 50.8 Å². The summed E-state index contributed by atoms with van der Waals surface area (Å²) in [6, 6.07) is -3.30. The summed E-state index contributed by atoms with van der Waals surface area (Å²) in [5, 5.41) is 13.4. The van der Waals surface area contributed by atoms with Gasteiger partial charge in [-0.2, -0.15) is 31.6 Å². The van der Waals surface area contributed by atoms with Crippen molar-refractivity contribution in [1.29, 1.82) is 5.26 Å². The number of rotatable bonds is 2. The molecule has 1 unspecified atom stereocenters. The second-order valence-corrected chi connectivity index (χ2v) is 10.6. The summed E-state index contributed by atoms with van der Waals surface area (Å²) < 4.78 is 80.3. The maximum Gasteiger partial charge on any atom is 0.471 e. The van der Waals surface area contributed by atoms with Gasteiger partial charge in [-0.1, -0.05) is 19.9 Å². The quantitative estimate of drug-likeness (QED) is 0.437. The number of nitrogens with one attached hydrogen (secondary N) is 2. The summed E-state index contributed by atoms with van der Waals surface area (Å²) in [7, 11) is 0. The second kappa shape index (κ2) is 11.8. The van der Waals surface area contributed by atoms with Crippen LogP contribution in [0.2, 0.25) is 0 Å². The van der Waals surface area contributed by atoms with E-state index in [2.05, 4.69) is 5.32 Å². The molecule has 0 aromatic carbocycles. The average Bonchev–Trinajstić information content (AvgIpc) is 3.25. The summed E-state index contributed by atoms with van der Waals surface area (Å²) in [6.07, 6.45) is -9.81. The van der Waals surface area contributed by atoms with Crippen molar-refractivity contribution in [2.24, 2.45) is 23.0 Å². The van der Waals surface area contributed by atoms with Gasteiger partial charge in [0, 0.05) is 18.2 Å². The largest absolute Gasteiger partial charge is 0.471 e. The standard InChI is InChI=1S/C24H31F6N5O4/c1-12(36)13-7-15(32)5-4-6-22(2,3)18(34-21(39)24(28,29)30)20(38)35-11-14(23(25,26)27)9-17(35)19(37)33-16(8-13)10-31/h5,13-14,16-18H,4,6-9,11,32H2,1-3H3,(H,33,37)(H,34,39)/b15-5+/t13-,14+,16?,17-,18+/m0/s1. The molecule has 15 heteroatoms. The van der Waals surface area contributed by atoms with E-state index < -0.39 is 78.4 Å². The number of alkyl halides is 6. The number of carbonyl (C=O) groups excluding carboxylic acids is 4. The van der Waals surface area contributed by atoms with Crippen LogP contribution in [0.1, 0.15) is 52.9 Å². The lowest BCUT2D eigenvalue weighted by atomic mass is 9.79. The number of amides is 3. The molecular formula is C24H31F6N5O4. The molecule has 0 radical (unpaired) electrons. The molecule has 4 N–H and O–H groups in total. The van der Waals surface area contributed by atoms with Gasteiger partial charge in [-0.15, -0.1) is 0 Å². The van der Waals surface area contributed by atoms with E-state index in [0.717, 1.165) is 0 Å². The van der Waals surface area contributed by atoms with E-state index in [1.54, 1.807) is 11.4 Å². The molecule has 1 fully saturated rings. The van der Waals surface area contributed by atoms with Crippen LogP contribution in [-0.4, -0.2) is 65.4 Å². The summed E-state index contributed by atoms with van der Waals surface area (Å²) in [5.41, 5.74) is 4.79. The van der Waals surface area contributed by atoms with Crippen molar-refractivity contribution < 1.29 is 45.5 Å². The van der Waals surface area contributed by atoms with Crippen molar-refractivity contribution in [3.8, 4) is 6.07 Å². The van der Waals surface area contributed by atoms with Crippen LogP contribution in [0, 0.1) is 28.6 Å². The third-order valence-electron chi connectivity index (χ3n) is 7.16. The van der Waals surface area contributed by atoms with Crippen LogP contribution in [0.4, 0.5) is 26.3 Å². The van der Waals surface area contributed by atoms with Crippen molar-refractivity contribution in [3.05, 3.63) is 11.8 Å². The van der Waals surface area contributed by atoms with E-state index in [1.807, 2.05) is 0 Å². The van der Waals surface area contributed by atoms with Crippen LogP contribution in [0.3, 0.4) is 0 Å². The molecular weight excluding hydrogens is 536 g/mol. The summed E-state index contributed by atoms with van der Waals surface area (Å²) >= 11 is 0. The minimum Gasteiger partial charge on any atom is -0.402 e. The van der Waals surface area contributed by atoms with Crippen LogP contribution < -0.4 is 16.4 Å². The Kier molecular flexibility index (Phi) is 9.68. The van der Waals surface area contributed by atoms with Crippen LogP contribution in [0.25, 0.3) is 0 Å². The molecule has 0 aliphatic carbocycles. The molecule has 0 aromatic heterocycles. The zero-order valence-electron chi connectivity index (χ0n) is 21.6. The van der Waals surface area contributed by atoms with Crippen molar-refractivity contribution in [2.75, 3.05) is 6.54 Å². The molecule has 5 atom stereocenters. The molecule has 0 spiro atoms. The fourth-order valence-corrected chi connectivity index (χ4v) is 4.77. The fraction of sp³-hybridized carbons (Fsp3) is 0.708. The van der Waals surface area contributed by atoms with Gasteiger partial charge in [0.05, 0.1) is 12.0 Å². The highest BCUT2D eigenvalue weighted by Gasteiger charge is 2.54. The van der Waals surface area contributed by atoms with Crippen LogP contribution in [0.5, 0.6) is 0 Å². The molecule has 2 heterocycles. The third-order valence-corrected chi connectivity index (χ3v) is 7.16. The molecule has 2 rings (SSSR count). The molecule has 218 valence electrons. The van der Waals surface area contributed by atoms with Gasteiger partial charge in [-0.3, -0.25) is 19.2 Å². The minimum absolute atomic E-state index is 0.0112. The molecule has 1 saturated heterocycles. The number of nitrogens with two attached hydrogens (primary N) is 1. The fourth-order valence-electron chi connectivity index (χ4n) is 4.77. The predicted molar refractivity (Wildman–Crippen MR) is 124 cm³/mol. The zero-order chi connectivity index (χ0) is 29.9. The number of fused-ring (bicyclic) bond motifs is 1. The normalized spacial score (nSPS) is 30.5. The van der Waals surface area contributed by atoms with E-state index >= 15 is 0 Å². The smallest absolute Gasteiger partial charge is 0.402 e. The molecule has 0 bridgehead atoms. The number of carbonyl (C=O) groups is 4. The number of nitriles is 1. The molecule has 0 aromatic rings. The van der Waals surface area contributed by atoms with Gasteiger partial charge < -0.3 is 21.3 Å². The molecule has 3 amide bonds. The Labute approximate surface area is 221 Å². The zero-order valence-corrected chi connectivity index (χ0v) is 21.6. The SMILES string of the molecule is CC(=O)[C@H]1C/C(N)=C\CCC(C)(C)[C@H](NC(=O)C(F)(F)F)C(=O)N2C[C@H](C(F)(F)F)C[C@H]2C(=O)NC(C#N)C1. The van der Waals surface area contributed by atoms with Gasteiger partial charge in [0.15, 0.2) is 0 Å². The molecule has 0 saturated carbocycles. The Balaban J connectivity index is 2.61. The van der Waals surface area contributed by atoms with Crippen molar-refractivity contribution in [1.82, 2.24) is 15.5 Å². The van der Waals surface area contributed by atoms with E-state index in [0.29, 0.717) is 4.90 Å². The van der Waals surface area contributed by atoms with Gasteiger partial charge in [0.1, 0.15) is 23.9 Å². The highest BCUT2D eigenvalue weighted by molar-refractivity contribution is 5.94. The van der Waals surface area contributed by atoms with Crippen molar-refractivity contribution >= 4 is 23.5 Å². The Hall–Kier alpha value is -3.31. The Morgan fingerprint density at radius 2 is 1.79 bits per heavy atom. The molecule has 9 nitrogen and oxygen atoms in total. The summed E-state index contributed by atoms with van der Waals surface area (Å²) in [5.74, 6) is -8.25. The van der Waals surface area contributed by atoms with Crippen LogP contribution >= 0.6 is 0 Å². The minimum atomic E-state index is -5.39. The third kappa shape index (κ3) is 8.09. The van der Waals surface area contributed by atoms with Gasteiger partial charge in [-0.05, 0) is 44.4 Å². The number of Topliss-reactive ketones (excluding diaryl/α,β-unsaturated/α-hetero) is 1. The van der Waals surface area contributed by atoms with Crippen molar-refractivity contribution in [2.45, 2.75) is 83.4 Å². The topological polar surface area (TPSA) is 145 Å². The number of hydrogen-bond acceptors (Lipinski definition) is 6. The van der Waals surface area contributed by atoms with Crippen molar-refractivity contribution in [3.63, 3.8) is 0 Å². The van der Waals surface area contributed by atoms with E-state index in [-0.39, 0.29) is 37.2 Å². The monoisotopic (exact) mass is 567 g/mol. The lowest BCUT2D eigenvalue weighted by Gasteiger charge is -2.38. The van der Waals surface area contributed by atoms with E-state index in [1.165, 1.54) is 26.8 Å². The first-order chi connectivity index (χ1) is 17.8. The number of ketones is 1. The first-order valence-corrected chi connectivity index (χ1v) is 12.2. The molecule has 2 aliphatic rings. The molecule has 39 heavy (non-hydrogen) atoms. The average molecular weight is 568 g/mol. The lowest BCUT2D eigenvalue weighted by Crippen LogP contribution is -2.60. The van der Waals surface area contributed by atoms with Gasteiger partial charge >= 0.3 is 18.3 Å². The Morgan fingerprint density at radius 1 is 1.18 bits per heavy atom. The second-order valence-electron chi connectivity index (χ2n) is 10.6. The Morgan fingerprint density at radius 3 is 2.31 bits per heavy atom. The molecule has 2 aliphatic heterocycles. The van der Waals surface area contributed by atoms with Crippen LogP contribution in [-0.2, 0) is 19.2 Å².